The van der Waals surface area contributed by atoms with Crippen molar-refractivity contribution in [2.45, 2.75) is 44.9 Å². The maximum atomic E-state index is 13.0. The first-order valence-electron chi connectivity index (χ1n) is 9.92. The summed E-state index contributed by atoms with van der Waals surface area (Å²) >= 11 is 0. The van der Waals surface area contributed by atoms with E-state index in [4.69, 9.17) is 0 Å². The van der Waals surface area contributed by atoms with Crippen LogP contribution in [0.15, 0.2) is 29.2 Å². The SMILES string of the molecule is CCCN(CCC(=O)N1CCNCC1)S(=O)(=O)c1ccc(CC(C)C)cc1. The van der Waals surface area contributed by atoms with Crippen molar-refractivity contribution < 1.29 is 13.2 Å². The molecule has 1 aromatic rings. The molecule has 1 saturated heterocycles. The molecule has 1 heterocycles. The normalized spacial score (nSPS) is 15.5. The number of hydrogen-bond donors (Lipinski definition) is 1. The summed E-state index contributed by atoms with van der Waals surface area (Å²) < 4.78 is 27.5. The van der Waals surface area contributed by atoms with Crippen LogP contribution in [0.1, 0.15) is 39.2 Å². The van der Waals surface area contributed by atoms with E-state index in [1.807, 2.05) is 24.0 Å². The summed E-state index contributed by atoms with van der Waals surface area (Å²) in [5, 5.41) is 3.22. The van der Waals surface area contributed by atoms with E-state index in [0.29, 0.717) is 36.9 Å². The highest BCUT2D eigenvalue weighted by Crippen LogP contribution is 2.19. The zero-order chi connectivity index (χ0) is 19.9. The molecule has 0 bridgehead atoms. The second-order valence-corrected chi connectivity index (χ2v) is 9.46. The van der Waals surface area contributed by atoms with Gasteiger partial charge in [0.2, 0.25) is 15.9 Å². The van der Waals surface area contributed by atoms with Crippen LogP contribution in [-0.2, 0) is 21.2 Å². The van der Waals surface area contributed by atoms with E-state index in [2.05, 4.69) is 19.2 Å². The van der Waals surface area contributed by atoms with E-state index in [1.165, 1.54) is 4.31 Å². The van der Waals surface area contributed by atoms with Gasteiger partial charge in [-0.1, -0.05) is 32.9 Å². The van der Waals surface area contributed by atoms with Gasteiger partial charge in [-0.2, -0.15) is 4.31 Å². The van der Waals surface area contributed by atoms with Crippen LogP contribution in [0.2, 0.25) is 0 Å². The van der Waals surface area contributed by atoms with Crippen molar-refractivity contribution >= 4 is 15.9 Å². The summed E-state index contributed by atoms with van der Waals surface area (Å²) in [7, 11) is -3.58. The van der Waals surface area contributed by atoms with E-state index in [0.717, 1.165) is 25.1 Å². The standard InChI is InChI=1S/C20H33N3O3S/c1-4-12-23(13-9-20(24)22-14-10-21-11-15-22)27(25,26)19-7-5-18(6-8-19)16-17(2)3/h5-8,17,21H,4,9-16H2,1-3H3. The minimum atomic E-state index is -3.58. The Hall–Kier alpha value is -1.44. The smallest absolute Gasteiger partial charge is 0.243 e. The predicted molar refractivity (Wildman–Crippen MR) is 108 cm³/mol. The van der Waals surface area contributed by atoms with Crippen LogP contribution in [0, 0.1) is 5.92 Å². The average Bonchev–Trinajstić information content (AvgIpc) is 2.65. The number of piperazine rings is 1. The van der Waals surface area contributed by atoms with Crippen LogP contribution in [-0.4, -0.2) is 62.8 Å². The topological polar surface area (TPSA) is 69.7 Å². The van der Waals surface area contributed by atoms with Crippen LogP contribution in [0.3, 0.4) is 0 Å². The number of rotatable bonds is 9. The Morgan fingerprint density at radius 3 is 2.33 bits per heavy atom. The molecule has 7 heteroatoms. The molecule has 0 radical (unpaired) electrons. The molecule has 152 valence electrons. The maximum Gasteiger partial charge on any atom is 0.243 e. The van der Waals surface area contributed by atoms with Crippen molar-refractivity contribution in [2.75, 3.05) is 39.3 Å². The molecular formula is C20H33N3O3S. The molecule has 0 saturated carbocycles. The van der Waals surface area contributed by atoms with Crippen molar-refractivity contribution in [2.24, 2.45) is 5.92 Å². The summed E-state index contributed by atoms with van der Waals surface area (Å²) in [6.07, 6.45) is 1.87. The van der Waals surface area contributed by atoms with Gasteiger partial charge in [0.1, 0.15) is 0 Å². The first-order valence-corrected chi connectivity index (χ1v) is 11.4. The minimum absolute atomic E-state index is 0.0279. The molecule has 27 heavy (non-hydrogen) atoms. The summed E-state index contributed by atoms with van der Waals surface area (Å²) in [6, 6.07) is 7.16. The van der Waals surface area contributed by atoms with Crippen molar-refractivity contribution in [3.63, 3.8) is 0 Å². The van der Waals surface area contributed by atoms with Gasteiger partial charge >= 0.3 is 0 Å². The Balaban J connectivity index is 2.05. The van der Waals surface area contributed by atoms with Gasteiger partial charge in [0.05, 0.1) is 4.90 Å². The number of sulfonamides is 1. The third kappa shape index (κ3) is 6.30. The van der Waals surface area contributed by atoms with E-state index in [1.54, 1.807) is 12.1 Å². The van der Waals surface area contributed by atoms with Gasteiger partial charge in [-0.05, 0) is 36.5 Å². The monoisotopic (exact) mass is 395 g/mol. The van der Waals surface area contributed by atoms with Gasteiger partial charge in [0.25, 0.3) is 0 Å². The molecule has 0 spiro atoms. The predicted octanol–water partition coefficient (Wildman–Crippen LogP) is 2.11. The highest BCUT2D eigenvalue weighted by Gasteiger charge is 2.25. The molecule has 0 aromatic heterocycles. The van der Waals surface area contributed by atoms with Crippen LogP contribution < -0.4 is 5.32 Å². The molecule has 1 aliphatic heterocycles. The molecule has 1 aromatic carbocycles. The lowest BCUT2D eigenvalue weighted by Gasteiger charge is -2.28. The lowest BCUT2D eigenvalue weighted by molar-refractivity contribution is -0.131. The van der Waals surface area contributed by atoms with Crippen molar-refractivity contribution in [3.05, 3.63) is 29.8 Å². The minimum Gasteiger partial charge on any atom is -0.340 e. The summed E-state index contributed by atoms with van der Waals surface area (Å²) in [5.74, 6) is 0.556. The molecule has 0 unspecified atom stereocenters. The lowest BCUT2D eigenvalue weighted by atomic mass is 10.0. The van der Waals surface area contributed by atoms with E-state index in [-0.39, 0.29) is 18.9 Å². The number of benzene rings is 1. The molecule has 2 rings (SSSR count). The third-order valence-electron chi connectivity index (χ3n) is 4.72. The molecule has 0 atom stereocenters. The summed E-state index contributed by atoms with van der Waals surface area (Å²) in [4.78, 5) is 14.5. The summed E-state index contributed by atoms with van der Waals surface area (Å²) in [5.41, 5.74) is 1.14. The molecule has 6 nitrogen and oxygen atoms in total. The van der Waals surface area contributed by atoms with Crippen molar-refractivity contribution in [1.82, 2.24) is 14.5 Å². The number of amides is 1. The second-order valence-electron chi connectivity index (χ2n) is 7.53. The van der Waals surface area contributed by atoms with Crippen molar-refractivity contribution in [3.8, 4) is 0 Å². The van der Waals surface area contributed by atoms with Gasteiger partial charge in [-0.15, -0.1) is 0 Å². The van der Waals surface area contributed by atoms with Gasteiger partial charge in [0.15, 0.2) is 0 Å². The van der Waals surface area contributed by atoms with Crippen LogP contribution in [0.5, 0.6) is 0 Å². The number of hydrogen-bond acceptors (Lipinski definition) is 4. The zero-order valence-corrected chi connectivity index (χ0v) is 17.6. The maximum absolute atomic E-state index is 13.0. The van der Waals surface area contributed by atoms with E-state index < -0.39 is 10.0 Å². The highest BCUT2D eigenvalue weighted by atomic mass is 32.2. The van der Waals surface area contributed by atoms with E-state index in [9.17, 15) is 13.2 Å². The highest BCUT2D eigenvalue weighted by molar-refractivity contribution is 7.89. The number of nitrogens with one attached hydrogen (secondary N) is 1. The molecule has 1 N–H and O–H groups in total. The molecule has 1 fully saturated rings. The first-order chi connectivity index (χ1) is 12.8. The fraction of sp³-hybridized carbons (Fsp3) is 0.650. The molecular weight excluding hydrogens is 362 g/mol. The second kappa shape index (κ2) is 10.2. The molecule has 1 aliphatic rings. The third-order valence-corrected chi connectivity index (χ3v) is 6.64. The Labute approximate surface area is 164 Å². The van der Waals surface area contributed by atoms with Crippen LogP contribution >= 0.6 is 0 Å². The lowest BCUT2D eigenvalue weighted by Crippen LogP contribution is -2.47. The Morgan fingerprint density at radius 2 is 1.78 bits per heavy atom. The fourth-order valence-electron chi connectivity index (χ4n) is 3.31. The quantitative estimate of drug-likeness (QED) is 0.695. The largest absolute Gasteiger partial charge is 0.340 e. The van der Waals surface area contributed by atoms with Crippen LogP contribution in [0.4, 0.5) is 0 Å². The molecule has 1 amide bonds. The Bertz CT molecular complexity index is 696. The fourth-order valence-corrected chi connectivity index (χ4v) is 4.84. The van der Waals surface area contributed by atoms with Gasteiger partial charge in [0, 0.05) is 45.7 Å². The van der Waals surface area contributed by atoms with Gasteiger partial charge in [-0.25, -0.2) is 8.42 Å². The Kier molecular flexibility index (Phi) is 8.26. The number of carbonyl (C=O) groups excluding carboxylic acids is 1. The number of carbonyl (C=O) groups is 1. The zero-order valence-electron chi connectivity index (χ0n) is 16.8. The van der Waals surface area contributed by atoms with E-state index >= 15 is 0 Å². The van der Waals surface area contributed by atoms with Gasteiger partial charge in [-0.3, -0.25) is 4.79 Å². The number of nitrogens with zero attached hydrogens (tertiary/aromatic N) is 2. The summed E-state index contributed by atoms with van der Waals surface area (Å²) in [6.45, 7) is 9.86. The average molecular weight is 396 g/mol. The Morgan fingerprint density at radius 1 is 1.15 bits per heavy atom. The first kappa shape index (κ1) is 21.9. The molecule has 0 aliphatic carbocycles. The van der Waals surface area contributed by atoms with Crippen molar-refractivity contribution in [1.29, 1.82) is 0 Å². The van der Waals surface area contributed by atoms with Crippen LogP contribution in [0.25, 0.3) is 0 Å². The van der Waals surface area contributed by atoms with Gasteiger partial charge < -0.3 is 10.2 Å².